The Kier molecular flexibility index (Phi) is 5.10. The lowest BCUT2D eigenvalue weighted by molar-refractivity contribution is -0.159. The highest BCUT2D eigenvalue weighted by Crippen LogP contribution is 2.42. The Hall–Kier alpha value is -4.06. The van der Waals surface area contributed by atoms with Gasteiger partial charge in [0.2, 0.25) is 11.8 Å². The van der Waals surface area contributed by atoms with Gasteiger partial charge in [-0.3, -0.25) is 9.59 Å². The summed E-state index contributed by atoms with van der Waals surface area (Å²) in [6.07, 6.45) is 0.501. The SMILES string of the molecule is COc1ccc(C2c3[nH]c4ccccc4c3C[C@H]3C(=O)N(Cc4ccc(C)cc4)CC(=O)N23)cc1. The average Bonchev–Trinajstić information content (AvgIpc) is 3.26. The molecule has 1 unspecified atom stereocenters. The summed E-state index contributed by atoms with van der Waals surface area (Å²) in [7, 11) is 1.64. The third-order valence-electron chi connectivity index (χ3n) is 7.27. The van der Waals surface area contributed by atoms with Crippen molar-refractivity contribution in [2.75, 3.05) is 13.7 Å². The maximum Gasteiger partial charge on any atom is 0.246 e. The second-order valence-corrected chi connectivity index (χ2v) is 9.44. The minimum Gasteiger partial charge on any atom is -0.497 e. The first kappa shape index (κ1) is 21.5. The van der Waals surface area contributed by atoms with E-state index < -0.39 is 6.04 Å². The highest BCUT2D eigenvalue weighted by Gasteiger charge is 2.48. The van der Waals surface area contributed by atoms with Crippen molar-refractivity contribution in [3.63, 3.8) is 0 Å². The van der Waals surface area contributed by atoms with Gasteiger partial charge in [0.1, 0.15) is 18.3 Å². The van der Waals surface area contributed by atoms with Crippen molar-refractivity contribution in [3.05, 3.63) is 101 Å². The number of aromatic nitrogens is 1. The van der Waals surface area contributed by atoms with Crippen LogP contribution >= 0.6 is 0 Å². The Bertz CT molecular complexity index is 1420. The van der Waals surface area contributed by atoms with Crippen molar-refractivity contribution in [2.24, 2.45) is 0 Å². The summed E-state index contributed by atoms with van der Waals surface area (Å²) >= 11 is 0. The van der Waals surface area contributed by atoms with Crippen LogP contribution in [-0.2, 0) is 22.6 Å². The zero-order valence-corrected chi connectivity index (χ0v) is 19.8. The van der Waals surface area contributed by atoms with Gasteiger partial charge in [-0.25, -0.2) is 0 Å². The van der Waals surface area contributed by atoms with Crippen LogP contribution in [0.1, 0.15) is 34.0 Å². The zero-order chi connectivity index (χ0) is 24.1. The molecule has 3 heterocycles. The number of methoxy groups -OCH3 is 1. The highest BCUT2D eigenvalue weighted by molar-refractivity contribution is 5.97. The lowest BCUT2D eigenvalue weighted by atomic mass is 9.86. The number of ether oxygens (including phenoxy) is 1. The standard InChI is InChI=1S/C29H27N3O3/c1-18-7-9-19(10-8-18)16-31-17-26(33)32-25(29(31)34)15-23-22-5-3-4-6-24(22)30-27(23)28(32)20-11-13-21(35-2)14-12-20/h3-14,25,28,30H,15-17H2,1-2H3/t25-,28?/m0/s1. The molecule has 1 N–H and O–H groups in total. The summed E-state index contributed by atoms with van der Waals surface area (Å²) in [5.41, 5.74) is 6.27. The molecule has 2 aliphatic rings. The van der Waals surface area contributed by atoms with Crippen molar-refractivity contribution < 1.29 is 14.3 Å². The monoisotopic (exact) mass is 465 g/mol. The minimum absolute atomic E-state index is 0.000354. The molecule has 0 bridgehead atoms. The number of para-hydroxylation sites is 1. The molecule has 2 atom stereocenters. The molecular weight excluding hydrogens is 438 g/mol. The van der Waals surface area contributed by atoms with Gasteiger partial charge in [-0.15, -0.1) is 0 Å². The number of nitrogens with zero attached hydrogens (tertiary/aromatic N) is 2. The van der Waals surface area contributed by atoms with Crippen LogP contribution in [0.4, 0.5) is 0 Å². The topological polar surface area (TPSA) is 65.6 Å². The first-order valence-corrected chi connectivity index (χ1v) is 11.9. The molecule has 35 heavy (non-hydrogen) atoms. The number of fused-ring (bicyclic) bond motifs is 4. The number of carbonyl (C=O) groups is 2. The lowest BCUT2D eigenvalue weighted by Gasteiger charge is -2.47. The molecule has 6 heteroatoms. The first-order chi connectivity index (χ1) is 17.0. The number of amides is 2. The molecule has 176 valence electrons. The van der Waals surface area contributed by atoms with Gasteiger partial charge in [0.25, 0.3) is 0 Å². The number of aromatic amines is 1. The summed E-state index contributed by atoms with van der Waals surface area (Å²) in [4.78, 5) is 34.6. The predicted molar refractivity (Wildman–Crippen MR) is 134 cm³/mol. The summed E-state index contributed by atoms with van der Waals surface area (Å²) in [5.74, 6) is 0.717. The third kappa shape index (κ3) is 3.57. The van der Waals surface area contributed by atoms with Crippen molar-refractivity contribution in [1.29, 1.82) is 0 Å². The summed E-state index contributed by atoms with van der Waals surface area (Å²) in [6, 6.07) is 23.2. The molecule has 0 spiro atoms. The number of hydrogen-bond donors (Lipinski definition) is 1. The Morgan fingerprint density at radius 2 is 1.71 bits per heavy atom. The second kappa shape index (κ2) is 8.31. The normalized spacial score (nSPS) is 19.6. The van der Waals surface area contributed by atoms with Gasteiger partial charge in [-0.1, -0.05) is 60.2 Å². The molecule has 2 aliphatic heterocycles. The lowest BCUT2D eigenvalue weighted by Crippen LogP contribution is -2.62. The number of piperazine rings is 1. The van der Waals surface area contributed by atoms with Crippen LogP contribution in [0.25, 0.3) is 10.9 Å². The van der Waals surface area contributed by atoms with Crippen molar-refractivity contribution in [1.82, 2.24) is 14.8 Å². The van der Waals surface area contributed by atoms with E-state index in [1.54, 1.807) is 16.9 Å². The van der Waals surface area contributed by atoms with Crippen LogP contribution in [0.3, 0.4) is 0 Å². The summed E-state index contributed by atoms with van der Waals surface area (Å²) in [5, 5.41) is 1.11. The molecule has 4 aromatic rings. The molecule has 1 saturated heterocycles. The van der Waals surface area contributed by atoms with E-state index in [-0.39, 0.29) is 24.4 Å². The summed E-state index contributed by atoms with van der Waals surface area (Å²) in [6.45, 7) is 2.55. The Morgan fingerprint density at radius 1 is 0.971 bits per heavy atom. The number of carbonyl (C=O) groups excluding carboxylic acids is 2. The maximum atomic E-state index is 13.8. The Labute approximate surface area is 204 Å². The van der Waals surface area contributed by atoms with Crippen LogP contribution < -0.4 is 4.74 Å². The number of H-pyrrole nitrogens is 1. The minimum atomic E-state index is -0.541. The van der Waals surface area contributed by atoms with Crippen LogP contribution in [0.15, 0.2) is 72.8 Å². The maximum absolute atomic E-state index is 13.8. The molecular formula is C29H27N3O3. The number of nitrogens with one attached hydrogen (secondary N) is 1. The van der Waals surface area contributed by atoms with E-state index in [1.165, 1.54) is 5.56 Å². The van der Waals surface area contributed by atoms with E-state index in [2.05, 4.69) is 11.1 Å². The number of aryl methyl sites for hydroxylation is 1. The van der Waals surface area contributed by atoms with Gasteiger partial charge in [0.15, 0.2) is 0 Å². The number of hydrogen-bond acceptors (Lipinski definition) is 3. The van der Waals surface area contributed by atoms with E-state index in [0.29, 0.717) is 13.0 Å². The molecule has 0 aliphatic carbocycles. The van der Waals surface area contributed by atoms with Gasteiger partial charge in [-0.2, -0.15) is 0 Å². The highest BCUT2D eigenvalue weighted by atomic mass is 16.5. The van der Waals surface area contributed by atoms with E-state index in [9.17, 15) is 9.59 Å². The van der Waals surface area contributed by atoms with Crippen LogP contribution in [0.2, 0.25) is 0 Å². The molecule has 2 amide bonds. The van der Waals surface area contributed by atoms with Crippen molar-refractivity contribution >= 4 is 22.7 Å². The molecule has 3 aromatic carbocycles. The predicted octanol–water partition coefficient (Wildman–Crippen LogP) is 4.37. The fourth-order valence-electron chi connectivity index (χ4n) is 5.50. The van der Waals surface area contributed by atoms with Gasteiger partial charge >= 0.3 is 0 Å². The summed E-state index contributed by atoms with van der Waals surface area (Å²) < 4.78 is 5.35. The average molecular weight is 466 g/mol. The van der Waals surface area contributed by atoms with Crippen LogP contribution in [-0.4, -0.2) is 46.3 Å². The molecule has 0 saturated carbocycles. The first-order valence-electron chi connectivity index (χ1n) is 11.9. The van der Waals surface area contributed by atoms with E-state index >= 15 is 0 Å². The second-order valence-electron chi connectivity index (χ2n) is 9.44. The fourth-order valence-corrected chi connectivity index (χ4v) is 5.50. The van der Waals surface area contributed by atoms with Gasteiger partial charge in [-0.05, 0) is 41.8 Å². The number of benzene rings is 3. The van der Waals surface area contributed by atoms with Crippen molar-refractivity contribution in [2.45, 2.75) is 32.0 Å². The molecule has 1 aromatic heterocycles. The largest absolute Gasteiger partial charge is 0.497 e. The van der Waals surface area contributed by atoms with E-state index in [0.717, 1.165) is 39.0 Å². The fraction of sp³-hybridized carbons (Fsp3) is 0.241. The molecule has 6 rings (SSSR count). The third-order valence-corrected chi connectivity index (χ3v) is 7.27. The van der Waals surface area contributed by atoms with E-state index in [4.69, 9.17) is 4.74 Å². The number of rotatable bonds is 4. The van der Waals surface area contributed by atoms with Crippen LogP contribution in [0, 0.1) is 6.92 Å². The van der Waals surface area contributed by atoms with Crippen LogP contribution in [0.5, 0.6) is 5.75 Å². The van der Waals surface area contributed by atoms with Gasteiger partial charge in [0, 0.05) is 29.6 Å². The Morgan fingerprint density at radius 3 is 2.46 bits per heavy atom. The molecule has 6 nitrogen and oxygen atoms in total. The zero-order valence-electron chi connectivity index (χ0n) is 19.8. The van der Waals surface area contributed by atoms with Gasteiger partial charge < -0.3 is 19.5 Å². The van der Waals surface area contributed by atoms with E-state index in [1.807, 2.05) is 73.7 Å². The molecule has 1 fully saturated rings. The van der Waals surface area contributed by atoms with Gasteiger partial charge in [0.05, 0.1) is 13.2 Å². The smallest absolute Gasteiger partial charge is 0.246 e. The van der Waals surface area contributed by atoms with Crippen molar-refractivity contribution in [3.8, 4) is 5.75 Å². The molecule has 0 radical (unpaired) electrons. The Balaban J connectivity index is 1.43. The quantitative estimate of drug-likeness (QED) is 0.487.